The molecule has 1 aliphatic rings. The van der Waals surface area contributed by atoms with Crippen LogP contribution in [0.5, 0.6) is 5.75 Å². The van der Waals surface area contributed by atoms with Crippen molar-refractivity contribution in [2.24, 2.45) is 0 Å². The first kappa shape index (κ1) is 12.6. The predicted octanol–water partition coefficient (Wildman–Crippen LogP) is 4.88. The summed E-state index contributed by atoms with van der Waals surface area (Å²) < 4.78 is 5.98. The van der Waals surface area contributed by atoms with Gasteiger partial charge < -0.3 is 4.74 Å². The Bertz CT molecular complexity index is 550. The van der Waals surface area contributed by atoms with Crippen LogP contribution >= 0.6 is 11.6 Å². The highest BCUT2D eigenvalue weighted by molar-refractivity contribution is 6.21. The Kier molecular flexibility index (Phi) is 3.74. The molecule has 3 rings (SSSR count). The van der Waals surface area contributed by atoms with Crippen LogP contribution < -0.4 is 4.74 Å². The molecule has 0 bridgehead atoms. The zero-order valence-electron chi connectivity index (χ0n) is 10.8. The van der Waals surface area contributed by atoms with E-state index < -0.39 is 0 Å². The van der Waals surface area contributed by atoms with E-state index in [4.69, 9.17) is 16.3 Å². The third kappa shape index (κ3) is 2.76. The quantitative estimate of drug-likeness (QED) is 0.724. The van der Waals surface area contributed by atoms with Gasteiger partial charge in [0, 0.05) is 0 Å². The highest BCUT2D eigenvalue weighted by Crippen LogP contribution is 2.38. The molecule has 2 heteroatoms. The van der Waals surface area contributed by atoms with Gasteiger partial charge in [-0.2, -0.15) is 0 Å². The first-order valence-corrected chi connectivity index (χ1v) is 7.21. The lowest BCUT2D eigenvalue weighted by Crippen LogP contribution is -2.08. The Hall–Kier alpha value is -1.47. The summed E-state index contributed by atoms with van der Waals surface area (Å²) in [4.78, 5) is 0. The van der Waals surface area contributed by atoms with Gasteiger partial charge in [-0.25, -0.2) is 0 Å². The van der Waals surface area contributed by atoms with Crippen molar-refractivity contribution >= 4 is 11.6 Å². The second kappa shape index (κ2) is 5.66. The van der Waals surface area contributed by atoms with Crippen LogP contribution in [0.15, 0.2) is 48.5 Å². The molecule has 0 heterocycles. The molecule has 1 nitrogen and oxygen atoms in total. The lowest BCUT2D eigenvalue weighted by molar-refractivity contribution is 0.301. The van der Waals surface area contributed by atoms with Crippen molar-refractivity contribution in [2.45, 2.75) is 31.2 Å². The summed E-state index contributed by atoms with van der Waals surface area (Å²) in [6, 6.07) is 16.5. The molecule has 2 aromatic rings. The van der Waals surface area contributed by atoms with E-state index in [2.05, 4.69) is 24.3 Å². The summed E-state index contributed by atoms with van der Waals surface area (Å²) in [6.45, 7) is 0.615. The smallest absolute Gasteiger partial charge is 0.123 e. The monoisotopic (exact) mass is 272 g/mol. The van der Waals surface area contributed by atoms with Gasteiger partial charge in [-0.3, -0.25) is 0 Å². The minimum atomic E-state index is 0.143. The number of hydrogen-bond acceptors (Lipinski definition) is 1. The summed E-state index contributed by atoms with van der Waals surface area (Å²) in [7, 11) is 0. The fourth-order valence-corrected chi connectivity index (χ4v) is 2.99. The largest absolute Gasteiger partial charge is 0.489 e. The zero-order chi connectivity index (χ0) is 13.1. The highest BCUT2D eigenvalue weighted by atomic mass is 35.5. The molecule has 19 heavy (non-hydrogen) atoms. The average molecular weight is 273 g/mol. The summed E-state index contributed by atoms with van der Waals surface area (Å²) in [5.41, 5.74) is 3.74. The third-order valence-electron chi connectivity index (χ3n) is 3.63. The molecule has 0 saturated heterocycles. The van der Waals surface area contributed by atoms with Crippen LogP contribution in [0.25, 0.3) is 0 Å². The molecule has 2 aromatic carbocycles. The van der Waals surface area contributed by atoms with Gasteiger partial charge in [0.1, 0.15) is 12.4 Å². The number of benzene rings is 2. The van der Waals surface area contributed by atoms with Crippen molar-refractivity contribution in [3.05, 3.63) is 65.2 Å². The van der Waals surface area contributed by atoms with E-state index in [0.717, 1.165) is 25.0 Å². The first-order chi connectivity index (χ1) is 9.34. The lowest BCUT2D eigenvalue weighted by Gasteiger charge is -2.23. The molecule has 0 N–H and O–H groups in total. The summed E-state index contributed by atoms with van der Waals surface area (Å²) in [6.07, 6.45) is 3.28. The van der Waals surface area contributed by atoms with E-state index in [1.54, 1.807) is 0 Å². The van der Waals surface area contributed by atoms with Crippen LogP contribution in [-0.2, 0) is 13.0 Å². The Labute approximate surface area is 119 Å². The van der Waals surface area contributed by atoms with Gasteiger partial charge in [0.25, 0.3) is 0 Å². The van der Waals surface area contributed by atoms with Crippen LogP contribution in [0.3, 0.4) is 0 Å². The van der Waals surface area contributed by atoms with Crippen LogP contribution in [0.2, 0.25) is 0 Å². The van der Waals surface area contributed by atoms with Crippen molar-refractivity contribution in [1.82, 2.24) is 0 Å². The zero-order valence-corrected chi connectivity index (χ0v) is 11.6. The predicted molar refractivity (Wildman–Crippen MR) is 78.7 cm³/mol. The van der Waals surface area contributed by atoms with E-state index in [1.807, 2.05) is 24.3 Å². The molecule has 1 aliphatic carbocycles. The van der Waals surface area contributed by atoms with Crippen molar-refractivity contribution < 1.29 is 4.74 Å². The molecular weight excluding hydrogens is 256 g/mol. The number of fused-ring (bicyclic) bond motifs is 1. The molecule has 0 amide bonds. The van der Waals surface area contributed by atoms with E-state index in [0.29, 0.717) is 6.61 Å². The van der Waals surface area contributed by atoms with E-state index in [9.17, 15) is 0 Å². The number of ether oxygens (including phenoxy) is 1. The maximum absolute atomic E-state index is 6.38. The summed E-state index contributed by atoms with van der Waals surface area (Å²) in [5, 5.41) is 0.143. The molecule has 0 saturated carbocycles. The number of rotatable bonds is 3. The first-order valence-electron chi connectivity index (χ1n) is 6.77. The van der Waals surface area contributed by atoms with Gasteiger partial charge in [-0.15, -0.1) is 11.6 Å². The van der Waals surface area contributed by atoms with Gasteiger partial charge in [0.2, 0.25) is 0 Å². The van der Waals surface area contributed by atoms with E-state index >= 15 is 0 Å². The highest BCUT2D eigenvalue weighted by Gasteiger charge is 2.20. The molecule has 0 spiro atoms. The second-order valence-corrected chi connectivity index (χ2v) is 5.48. The Morgan fingerprint density at radius 1 is 1.05 bits per heavy atom. The molecule has 0 aliphatic heterocycles. The summed E-state index contributed by atoms with van der Waals surface area (Å²) >= 11 is 6.38. The second-order valence-electron chi connectivity index (χ2n) is 4.96. The molecule has 0 fully saturated rings. The van der Waals surface area contributed by atoms with E-state index in [-0.39, 0.29) is 5.38 Å². The molecule has 98 valence electrons. The van der Waals surface area contributed by atoms with Crippen molar-refractivity contribution in [2.75, 3.05) is 0 Å². The van der Waals surface area contributed by atoms with Crippen LogP contribution in [0, 0.1) is 0 Å². The van der Waals surface area contributed by atoms with Crippen molar-refractivity contribution in [3.63, 3.8) is 0 Å². The molecule has 0 radical (unpaired) electrons. The Balaban J connectivity index is 1.80. The van der Waals surface area contributed by atoms with Gasteiger partial charge in [0.05, 0.1) is 5.38 Å². The van der Waals surface area contributed by atoms with Gasteiger partial charge >= 0.3 is 0 Å². The fraction of sp³-hybridized carbons (Fsp3) is 0.294. The molecule has 0 aromatic heterocycles. The van der Waals surface area contributed by atoms with Crippen LogP contribution in [0.1, 0.15) is 34.9 Å². The fourth-order valence-electron chi connectivity index (χ4n) is 2.63. The van der Waals surface area contributed by atoms with Gasteiger partial charge in [-0.1, -0.05) is 42.5 Å². The topological polar surface area (TPSA) is 9.23 Å². The molecule has 0 unspecified atom stereocenters. The Morgan fingerprint density at radius 2 is 1.89 bits per heavy atom. The SMILES string of the molecule is Cl[C@@H]1CCCc2c(OCc3ccccc3)cccc21. The maximum atomic E-state index is 6.38. The lowest BCUT2D eigenvalue weighted by atomic mass is 9.90. The third-order valence-corrected chi connectivity index (χ3v) is 4.08. The maximum Gasteiger partial charge on any atom is 0.123 e. The van der Waals surface area contributed by atoms with Crippen LogP contribution in [0.4, 0.5) is 0 Å². The Morgan fingerprint density at radius 3 is 2.74 bits per heavy atom. The van der Waals surface area contributed by atoms with Gasteiger partial charge in [0.15, 0.2) is 0 Å². The average Bonchev–Trinajstić information content (AvgIpc) is 2.47. The molecule has 1 atom stereocenters. The van der Waals surface area contributed by atoms with Gasteiger partial charge in [-0.05, 0) is 42.0 Å². The van der Waals surface area contributed by atoms with Crippen molar-refractivity contribution in [3.8, 4) is 5.75 Å². The van der Waals surface area contributed by atoms with E-state index in [1.165, 1.54) is 16.7 Å². The standard InChI is InChI=1S/C17H17ClO/c18-16-10-4-9-15-14(16)8-5-11-17(15)19-12-13-6-2-1-3-7-13/h1-3,5-8,11,16H,4,9-10,12H2/t16-/m1/s1. The molecular formula is C17H17ClO. The number of alkyl halides is 1. The van der Waals surface area contributed by atoms with Crippen LogP contribution in [-0.4, -0.2) is 0 Å². The minimum absolute atomic E-state index is 0.143. The number of halogens is 1. The number of hydrogen-bond donors (Lipinski definition) is 0. The van der Waals surface area contributed by atoms with Crippen molar-refractivity contribution in [1.29, 1.82) is 0 Å². The minimum Gasteiger partial charge on any atom is -0.489 e. The summed E-state index contributed by atoms with van der Waals surface area (Å²) in [5.74, 6) is 0.992. The normalized spacial score (nSPS) is 17.8.